The van der Waals surface area contributed by atoms with E-state index in [1.165, 1.54) is 22.8 Å². The second kappa shape index (κ2) is 8.14. The van der Waals surface area contributed by atoms with Crippen molar-refractivity contribution < 1.29 is 26.7 Å². The largest absolute Gasteiger partial charge is 0.432 e. The molecule has 2 heterocycles. The van der Waals surface area contributed by atoms with E-state index in [1.54, 1.807) is 6.92 Å². The summed E-state index contributed by atoms with van der Waals surface area (Å²) in [6.07, 6.45) is 0. The Morgan fingerprint density at radius 3 is 2.44 bits per heavy atom. The number of alkyl halides is 2. The van der Waals surface area contributed by atoms with Crippen molar-refractivity contribution in [3.05, 3.63) is 71.3 Å². The molecule has 0 saturated heterocycles. The fraction of sp³-hybridized carbons (Fsp3) is 0.0952. The zero-order valence-corrected chi connectivity index (χ0v) is 16.2. The lowest BCUT2D eigenvalue weighted by Crippen LogP contribution is -2.05. The molecule has 2 aromatic carbocycles. The van der Waals surface area contributed by atoms with Crippen LogP contribution < -0.4 is 10.1 Å². The molecular weight excluding hydrogens is 433 g/mol. The Hall–Kier alpha value is -4.20. The van der Waals surface area contributed by atoms with Crippen LogP contribution in [0.2, 0.25) is 0 Å². The molecule has 0 saturated carbocycles. The molecule has 6 nitrogen and oxygen atoms in total. The molecule has 0 radical (unpaired) electrons. The highest BCUT2D eigenvalue weighted by molar-refractivity contribution is 5.78. The predicted molar refractivity (Wildman–Crippen MR) is 105 cm³/mol. The number of hydrogen-bond acceptors (Lipinski definition) is 5. The molecule has 0 bridgehead atoms. The Bertz CT molecular complexity index is 1380. The zero-order chi connectivity index (χ0) is 23.0. The summed E-state index contributed by atoms with van der Waals surface area (Å²) in [6.45, 7) is -1.58. The Morgan fingerprint density at radius 2 is 1.75 bits per heavy atom. The third-order valence-corrected chi connectivity index (χ3v) is 4.45. The van der Waals surface area contributed by atoms with E-state index in [0.717, 1.165) is 24.3 Å². The number of anilines is 2. The SMILES string of the molecule is Cc1nc2cc(F)c(F)cc2n1-c1cc(C#N)cc(Nc2ccc(OC(F)F)c(F)c2)n1. The van der Waals surface area contributed by atoms with Crippen LogP contribution in [-0.2, 0) is 0 Å². The van der Waals surface area contributed by atoms with Gasteiger partial charge >= 0.3 is 6.61 Å². The third kappa shape index (κ3) is 4.02. The van der Waals surface area contributed by atoms with Crippen molar-refractivity contribution >= 4 is 22.5 Å². The molecule has 1 N–H and O–H groups in total. The standard InChI is InChI=1S/C21H12F5N5O/c1-10-28-16-7-13(22)14(23)8-17(16)31(10)20-5-11(9-27)4-19(30-20)29-12-2-3-18(15(24)6-12)32-21(25)26/h2-8,21H,1H3,(H,29,30). The van der Waals surface area contributed by atoms with Crippen LogP contribution in [0, 0.1) is 35.7 Å². The Morgan fingerprint density at radius 1 is 1.00 bits per heavy atom. The first kappa shape index (κ1) is 21.0. The van der Waals surface area contributed by atoms with Gasteiger partial charge in [-0.2, -0.15) is 14.0 Å². The summed E-state index contributed by atoms with van der Waals surface area (Å²) < 4.78 is 71.5. The highest BCUT2D eigenvalue weighted by Crippen LogP contribution is 2.27. The Balaban J connectivity index is 1.76. The lowest BCUT2D eigenvalue weighted by atomic mass is 10.2. The summed E-state index contributed by atoms with van der Waals surface area (Å²) in [7, 11) is 0. The van der Waals surface area contributed by atoms with Gasteiger partial charge in [0, 0.05) is 23.9 Å². The molecule has 0 aliphatic heterocycles. The summed E-state index contributed by atoms with van der Waals surface area (Å²) in [5.74, 6) is -3.13. The van der Waals surface area contributed by atoms with Crippen LogP contribution in [-0.4, -0.2) is 21.1 Å². The van der Waals surface area contributed by atoms with Gasteiger partial charge in [-0.1, -0.05) is 0 Å². The van der Waals surface area contributed by atoms with Crippen molar-refractivity contribution in [2.45, 2.75) is 13.5 Å². The maximum atomic E-state index is 14.0. The van der Waals surface area contributed by atoms with Gasteiger partial charge in [0.2, 0.25) is 0 Å². The van der Waals surface area contributed by atoms with Crippen molar-refractivity contribution in [3.63, 3.8) is 0 Å². The van der Waals surface area contributed by atoms with E-state index in [4.69, 9.17) is 0 Å². The molecule has 4 aromatic rings. The Labute approximate surface area is 177 Å². The van der Waals surface area contributed by atoms with Gasteiger partial charge in [0.25, 0.3) is 0 Å². The van der Waals surface area contributed by atoms with Gasteiger partial charge in [0.05, 0.1) is 22.7 Å². The van der Waals surface area contributed by atoms with Crippen molar-refractivity contribution in [2.24, 2.45) is 0 Å². The second-order valence-corrected chi connectivity index (χ2v) is 6.61. The van der Waals surface area contributed by atoms with Crippen LogP contribution in [0.5, 0.6) is 5.75 Å². The smallest absolute Gasteiger partial charge is 0.387 e. The van der Waals surface area contributed by atoms with E-state index >= 15 is 0 Å². The van der Waals surface area contributed by atoms with Gasteiger partial charge in [-0.25, -0.2) is 23.1 Å². The molecule has 32 heavy (non-hydrogen) atoms. The molecule has 0 aliphatic carbocycles. The highest BCUT2D eigenvalue weighted by Gasteiger charge is 2.16. The van der Waals surface area contributed by atoms with E-state index < -0.39 is 29.8 Å². The summed E-state index contributed by atoms with van der Waals surface area (Å²) >= 11 is 0. The minimum atomic E-state index is -3.17. The number of halogens is 5. The average Bonchev–Trinajstić information content (AvgIpc) is 3.04. The molecule has 0 atom stereocenters. The lowest BCUT2D eigenvalue weighted by molar-refractivity contribution is -0.0521. The molecular formula is C21H12F5N5O. The number of nitrogens with one attached hydrogen (secondary N) is 1. The first-order valence-electron chi connectivity index (χ1n) is 9.03. The van der Waals surface area contributed by atoms with Crippen LogP contribution in [0.25, 0.3) is 16.9 Å². The van der Waals surface area contributed by atoms with E-state index in [9.17, 15) is 27.2 Å². The van der Waals surface area contributed by atoms with Gasteiger partial charge in [0.1, 0.15) is 17.5 Å². The molecule has 0 unspecified atom stereocenters. The van der Waals surface area contributed by atoms with E-state index in [2.05, 4.69) is 20.0 Å². The number of aromatic nitrogens is 3. The quantitative estimate of drug-likeness (QED) is 0.419. The maximum absolute atomic E-state index is 14.0. The van der Waals surface area contributed by atoms with Crippen molar-refractivity contribution in [3.8, 4) is 17.6 Å². The molecule has 0 spiro atoms. The summed E-state index contributed by atoms with van der Waals surface area (Å²) in [5.41, 5.74) is 0.740. The molecule has 2 aromatic heterocycles. The number of aryl methyl sites for hydroxylation is 1. The highest BCUT2D eigenvalue weighted by atomic mass is 19.3. The molecule has 0 aliphatic rings. The topological polar surface area (TPSA) is 75.8 Å². The van der Waals surface area contributed by atoms with Crippen LogP contribution in [0.4, 0.5) is 33.5 Å². The maximum Gasteiger partial charge on any atom is 0.387 e. The average molecular weight is 445 g/mol. The molecule has 11 heteroatoms. The van der Waals surface area contributed by atoms with Crippen LogP contribution >= 0.6 is 0 Å². The lowest BCUT2D eigenvalue weighted by Gasteiger charge is -2.12. The normalized spacial score (nSPS) is 11.1. The number of nitriles is 1. The van der Waals surface area contributed by atoms with Gasteiger partial charge in [-0.15, -0.1) is 0 Å². The van der Waals surface area contributed by atoms with Crippen molar-refractivity contribution in [1.29, 1.82) is 5.26 Å². The van der Waals surface area contributed by atoms with Crippen LogP contribution in [0.15, 0.2) is 42.5 Å². The van der Waals surface area contributed by atoms with Crippen LogP contribution in [0.1, 0.15) is 11.4 Å². The number of hydrogen-bond donors (Lipinski definition) is 1. The van der Waals surface area contributed by atoms with E-state index in [-0.39, 0.29) is 33.9 Å². The van der Waals surface area contributed by atoms with Gasteiger partial charge in [-0.3, -0.25) is 4.57 Å². The molecule has 0 fully saturated rings. The second-order valence-electron chi connectivity index (χ2n) is 6.61. The number of nitrogens with zero attached hydrogens (tertiary/aromatic N) is 4. The van der Waals surface area contributed by atoms with E-state index in [0.29, 0.717) is 5.82 Å². The third-order valence-electron chi connectivity index (χ3n) is 4.45. The van der Waals surface area contributed by atoms with Crippen molar-refractivity contribution in [1.82, 2.24) is 14.5 Å². The molecule has 0 amide bonds. The zero-order valence-electron chi connectivity index (χ0n) is 16.2. The Kier molecular flexibility index (Phi) is 5.36. The van der Waals surface area contributed by atoms with Gasteiger partial charge in [-0.05, 0) is 31.2 Å². The fourth-order valence-electron chi connectivity index (χ4n) is 3.16. The van der Waals surface area contributed by atoms with Crippen molar-refractivity contribution in [2.75, 3.05) is 5.32 Å². The minimum absolute atomic E-state index is 0.116. The molecule has 162 valence electrons. The first-order valence-corrected chi connectivity index (χ1v) is 9.03. The van der Waals surface area contributed by atoms with Gasteiger partial charge in [0.15, 0.2) is 23.2 Å². The number of pyridine rings is 1. The monoisotopic (exact) mass is 445 g/mol. The first-order chi connectivity index (χ1) is 15.2. The fourth-order valence-corrected chi connectivity index (χ4v) is 3.16. The summed E-state index contributed by atoms with van der Waals surface area (Å²) in [6, 6.07) is 9.90. The summed E-state index contributed by atoms with van der Waals surface area (Å²) in [4.78, 5) is 8.55. The number of rotatable bonds is 5. The molecule has 4 rings (SSSR count). The number of benzene rings is 2. The minimum Gasteiger partial charge on any atom is -0.432 e. The van der Waals surface area contributed by atoms with Crippen LogP contribution in [0.3, 0.4) is 0 Å². The predicted octanol–water partition coefficient (Wildman–Crippen LogP) is 5.36. The summed E-state index contributed by atoms with van der Waals surface area (Å²) in [5, 5.41) is 12.2. The number of imidazole rings is 1. The number of ether oxygens (including phenoxy) is 1. The van der Waals surface area contributed by atoms with Gasteiger partial charge < -0.3 is 10.1 Å². The van der Waals surface area contributed by atoms with E-state index in [1.807, 2.05) is 6.07 Å². The number of fused-ring (bicyclic) bond motifs is 1.